The highest BCUT2D eigenvalue weighted by Gasteiger charge is 2.35. The summed E-state index contributed by atoms with van der Waals surface area (Å²) in [5.41, 5.74) is 1.09. The van der Waals surface area contributed by atoms with Crippen LogP contribution in [0.25, 0.3) is 0 Å². The second-order valence-electron chi connectivity index (χ2n) is 5.23. The number of nitrogens with zero attached hydrogens (tertiary/aromatic N) is 1. The van der Waals surface area contributed by atoms with Gasteiger partial charge in [0.15, 0.2) is 5.17 Å². The lowest BCUT2D eigenvalue weighted by Gasteiger charge is -2.23. The van der Waals surface area contributed by atoms with Gasteiger partial charge in [0.25, 0.3) is 0 Å². The van der Waals surface area contributed by atoms with Crippen LogP contribution in [0.2, 0.25) is 0 Å². The molecule has 1 N–H and O–H groups in total. The van der Waals surface area contributed by atoms with E-state index in [4.69, 9.17) is 9.47 Å². The third-order valence-electron chi connectivity index (χ3n) is 3.90. The number of methoxy groups -OCH3 is 1. The topological polar surface area (TPSA) is 42.8 Å². The fraction of sp³-hybridized carbons (Fsp3) is 0.533. The summed E-state index contributed by atoms with van der Waals surface area (Å²) in [5, 5.41) is 4.50. The molecule has 5 heteroatoms. The first-order valence-electron chi connectivity index (χ1n) is 6.93. The van der Waals surface area contributed by atoms with E-state index >= 15 is 0 Å². The molecule has 2 saturated heterocycles. The molecule has 1 aromatic rings. The molecule has 4 nitrogen and oxygen atoms in total. The third-order valence-corrected chi connectivity index (χ3v) is 4.92. The van der Waals surface area contributed by atoms with Crippen molar-refractivity contribution in [2.24, 2.45) is 4.99 Å². The van der Waals surface area contributed by atoms with E-state index in [0.29, 0.717) is 19.2 Å². The molecule has 2 unspecified atom stereocenters. The normalized spacial score (nSPS) is 31.6. The Hall–Kier alpha value is -1.04. The van der Waals surface area contributed by atoms with Gasteiger partial charge in [-0.05, 0) is 5.56 Å². The van der Waals surface area contributed by atoms with Crippen LogP contribution in [-0.2, 0) is 9.47 Å². The number of ether oxygens (including phenoxy) is 2. The Labute approximate surface area is 123 Å². The number of hydrogen-bond acceptors (Lipinski definition) is 4. The Morgan fingerprint density at radius 3 is 3.00 bits per heavy atom. The van der Waals surface area contributed by atoms with E-state index in [1.54, 1.807) is 18.9 Å². The average Bonchev–Trinajstić information content (AvgIpc) is 3.16. The van der Waals surface area contributed by atoms with Crippen molar-refractivity contribution in [2.45, 2.75) is 18.1 Å². The summed E-state index contributed by atoms with van der Waals surface area (Å²) in [6.07, 6.45) is 0.924. The van der Waals surface area contributed by atoms with Crippen molar-refractivity contribution >= 4 is 16.9 Å². The number of rotatable bonds is 4. The lowest BCUT2D eigenvalue weighted by Crippen LogP contribution is -2.36. The molecule has 0 saturated carbocycles. The summed E-state index contributed by atoms with van der Waals surface area (Å²) >= 11 is 1.78. The van der Waals surface area contributed by atoms with Gasteiger partial charge in [-0.25, -0.2) is 0 Å². The van der Waals surface area contributed by atoms with Crippen molar-refractivity contribution in [1.29, 1.82) is 0 Å². The maximum absolute atomic E-state index is 5.60. The summed E-state index contributed by atoms with van der Waals surface area (Å²) < 4.78 is 11.0. The van der Waals surface area contributed by atoms with Crippen molar-refractivity contribution in [3.63, 3.8) is 0 Å². The SMILES string of the molecule is COC1(CN=C2NC(c3ccccc3)CS2)CCOC1. The number of hydrogen-bond donors (Lipinski definition) is 1. The molecule has 0 radical (unpaired) electrons. The molecule has 0 bridgehead atoms. The molecule has 0 amide bonds. The zero-order valence-corrected chi connectivity index (χ0v) is 12.5. The van der Waals surface area contributed by atoms with Crippen LogP contribution >= 0.6 is 11.8 Å². The van der Waals surface area contributed by atoms with Gasteiger partial charge in [-0.1, -0.05) is 42.1 Å². The largest absolute Gasteiger partial charge is 0.378 e. The number of thioether (sulfide) groups is 1. The van der Waals surface area contributed by atoms with Crippen molar-refractivity contribution in [3.8, 4) is 0 Å². The minimum atomic E-state index is -0.222. The van der Waals surface area contributed by atoms with Gasteiger partial charge < -0.3 is 14.8 Å². The number of nitrogens with one attached hydrogen (secondary N) is 1. The number of aliphatic imine (C=N–C) groups is 1. The smallest absolute Gasteiger partial charge is 0.157 e. The number of amidine groups is 1. The lowest BCUT2D eigenvalue weighted by atomic mass is 10.0. The van der Waals surface area contributed by atoms with Crippen molar-refractivity contribution < 1.29 is 9.47 Å². The summed E-state index contributed by atoms with van der Waals surface area (Å²) in [6, 6.07) is 10.9. The quantitative estimate of drug-likeness (QED) is 0.924. The van der Waals surface area contributed by atoms with Crippen LogP contribution in [0.15, 0.2) is 35.3 Å². The Bertz CT molecular complexity index is 472. The first kappa shape index (κ1) is 13.9. The van der Waals surface area contributed by atoms with Gasteiger partial charge in [0, 0.05) is 25.9 Å². The molecule has 2 fully saturated rings. The van der Waals surface area contributed by atoms with E-state index in [0.717, 1.165) is 23.9 Å². The fourth-order valence-electron chi connectivity index (χ4n) is 2.51. The first-order chi connectivity index (χ1) is 9.81. The minimum Gasteiger partial charge on any atom is -0.378 e. The molecule has 2 aliphatic rings. The van der Waals surface area contributed by atoms with E-state index < -0.39 is 0 Å². The van der Waals surface area contributed by atoms with E-state index in [1.807, 2.05) is 6.07 Å². The molecule has 0 spiro atoms. The van der Waals surface area contributed by atoms with E-state index in [1.165, 1.54) is 5.56 Å². The zero-order chi connectivity index (χ0) is 13.8. The second kappa shape index (κ2) is 6.16. The van der Waals surface area contributed by atoms with Gasteiger partial charge in [0.05, 0.1) is 19.2 Å². The zero-order valence-electron chi connectivity index (χ0n) is 11.7. The Morgan fingerprint density at radius 1 is 1.45 bits per heavy atom. The summed E-state index contributed by atoms with van der Waals surface area (Å²) in [7, 11) is 1.75. The van der Waals surface area contributed by atoms with Crippen LogP contribution < -0.4 is 5.32 Å². The Kier molecular flexibility index (Phi) is 4.29. The monoisotopic (exact) mass is 292 g/mol. The summed E-state index contributed by atoms with van der Waals surface area (Å²) in [5.74, 6) is 1.03. The summed E-state index contributed by atoms with van der Waals surface area (Å²) in [6.45, 7) is 2.08. The van der Waals surface area contributed by atoms with Gasteiger partial charge in [0.1, 0.15) is 5.60 Å². The molecular weight excluding hydrogens is 272 g/mol. The minimum absolute atomic E-state index is 0.222. The molecule has 0 aromatic heterocycles. The molecule has 20 heavy (non-hydrogen) atoms. The van der Waals surface area contributed by atoms with Crippen molar-refractivity contribution in [3.05, 3.63) is 35.9 Å². The van der Waals surface area contributed by atoms with Crippen LogP contribution in [0.4, 0.5) is 0 Å². The van der Waals surface area contributed by atoms with Crippen LogP contribution in [0, 0.1) is 0 Å². The predicted octanol–water partition coefficient (Wildman–Crippen LogP) is 2.23. The van der Waals surface area contributed by atoms with Gasteiger partial charge in [-0.2, -0.15) is 0 Å². The standard InChI is InChI=1S/C15H20N2O2S/c1-18-15(7-8-19-11-15)10-16-14-17-13(9-20-14)12-5-3-2-4-6-12/h2-6,13H,7-11H2,1H3,(H,16,17). The highest BCUT2D eigenvalue weighted by molar-refractivity contribution is 8.14. The first-order valence-corrected chi connectivity index (χ1v) is 7.91. The van der Waals surface area contributed by atoms with Crippen LogP contribution in [-0.4, -0.2) is 43.4 Å². The molecule has 1 aromatic carbocycles. The third kappa shape index (κ3) is 3.00. The molecule has 2 aliphatic heterocycles. The Balaban J connectivity index is 1.61. The van der Waals surface area contributed by atoms with E-state index in [-0.39, 0.29) is 5.60 Å². The average molecular weight is 292 g/mol. The maximum Gasteiger partial charge on any atom is 0.157 e. The molecule has 0 aliphatic carbocycles. The highest BCUT2D eigenvalue weighted by Crippen LogP contribution is 2.27. The molecule has 108 valence electrons. The lowest BCUT2D eigenvalue weighted by molar-refractivity contribution is -0.00898. The summed E-state index contributed by atoms with van der Waals surface area (Å²) in [4.78, 5) is 4.69. The van der Waals surface area contributed by atoms with Gasteiger partial charge in [-0.3, -0.25) is 4.99 Å². The van der Waals surface area contributed by atoms with Gasteiger partial charge in [-0.15, -0.1) is 0 Å². The van der Waals surface area contributed by atoms with Crippen LogP contribution in [0.5, 0.6) is 0 Å². The van der Waals surface area contributed by atoms with Crippen molar-refractivity contribution in [2.75, 3.05) is 32.6 Å². The highest BCUT2D eigenvalue weighted by atomic mass is 32.2. The second-order valence-corrected chi connectivity index (χ2v) is 6.24. The van der Waals surface area contributed by atoms with Crippen molar-refractivity contribution in [1.82, 2.24) is 5.32 Å². The molecule has 2 atom stereocenters. The van der Waals surface area contributed by atoms with Crippen LogP contribution in [0.3, 0.4) is 0 Å². The number of benzene rings is 1. The predicted molar refractivity (Wildman–Crippen MR) is 82.3 cm³/mol. The van der Waals surface area contributed by atoms with Gasteiger partial charge in [0.2, 0.25) is 0 Å². The molecule has 2 heterocycles. The van der Waals surface area contributed by atoms with E-state index in [2.05, 4.69) is 34.6 Å². The van der Waals surface area contributed by atoms with Gasteiger partial charge >= 0.3 is 0 Å². The van der Waals surface area contributed by atoms with E-state index in [9.17, 15) is 0 Å². The Morgan fingerprint density at radius 2 is 2.30 bits per heavy atom. The van der Waals surface area contributed by atoms with Crippen LogP contribution in [0.1, 0.15) is 18.0 Å². The molecular formula is C15H20N2O2S. The fourth-order valence-corrected chi connectivity index (χ4v) is 3.49. The maximum atomic E-state index is 5.60. The molecule has 3 rings (SSSR count).